The summed E-state index contributed by atoms with van der Waals surface area (Å²) in [7, 11) is 0. The van der Waals surface area contributed by atoms with Gasteiger partial charge in [-0.15, -0.1) is 0 Å². The highest BCUT2D eigenvalue weighted by molar-refractivity contribution is 6.03. The van der Waals surface area contributed by atoms with E-state index in [-0.39, 0.29) is 11.6 Å². The van der Waals surface area contributed by atoms with E-state index in [2.05, 4.69) is 20.6 Å². The second-order valence-corrected chi connectivity index (χ2v) is 6.10. The highest BCUT2D eigenvalue weighted by atomic mass is 19.1. The van der Waals surface area contributed by atoms with Crippen molar-refractivity contribution in [1.82, 2.24) is 9.97 Å². The van der Waals surface area contributed by atoms with Gasteiger partial charge in [0.25, 0.3) is 5.91 Å². The number of benzene rings is 2. The summed E-state index contributed by atoms with van der Waals surface area (Å²) in [4.78, 5) is 20.8. The quantitative estimate of drug-likeness (QED) is 0.638. The summed E-state index contributed by atoms with van der Waals surface area (Å²) in [5.74, 6) is -2.21. The number of aryl methyl sites for hydroxylation is 2. The Labute approximate surface area is 161 Å². The molecule has 3 aromatic rings. The standard InChI is InChI=1S/C21H20F2N4O/c1-3-13-7-5-8-14(4-2)18(13)27-21-24-12-11-17(25-21)20(28)26-19-15(22)9-6-10-16(19)23/h5-12H,3-4H2,1-2H3,(H,26,28)(H,24,25,27). The van der Waals surface area contributed by atoms with Crippen molar-refractivity contribution in [3.05, 3.63) is 77.1 Å². The molecule has 0 radical (unpaired) electrons. The third-order valence-electron chi connectivity index (χ3n) is 4.33. The molecule has 0 aliphatic carbocycles. The third-order valence-corrected chi connectivity index (χ3v) is 4.33. The molecule has 144 valence electrons. The van der Waals surface area contributed by atoms with E-state index in [1.807, 2.05) is 32.0 Å². The first kappa shape index (κ1) is 19.4. The molecule has 0 aliphatic heterocycles. The lowest BCUT2D eigenvalue weighted by Gasteiger charge is -2.14. The van der Waals surface area contributed by atoms with Crippen LogP contribution in [0.15, 0.2) is 48.7 Å². The third kappa shape index (κ3) is 4.14. The lowest BCUT2D eigenvalue weighted by Crippen LogP contribution is -2.17. The number of hydrogen-bond donors (Lipinski definition) is 2. The molecule has 0 aliphatic rings. The van der Waals surface area contributed by atoms with Crippen molar-refractivity contribution in [3.63, 3.8) is 0 Å². The molecule has 1 heterocycles. The van der Waals surface area contributed by atoms with Crippen LogP contribution in [-0.4, -0.2) is 15.9 Å². The fourth-order valence-corrected chi connectivity index (χ4v) is 2.86. The van der Waals surface area contributed by atoms with Gasteiger partial charge in [0.1, 0.15) is 23.0 Å². The number of carbonyl (C=O) groups excluding carboxylic acids is 1. The van der Waals surface area contributed by atoms with E-state index in [4.69, 9.17) is 0 Å². The van der Waals surface area contributed by atoms with E-state index in [1.165, 1.54) is 18.3 Å². The van der Waals surface area contributed by atoms with Crippen LogP contribution in [0.1, 0.15) is 35.5 Å². The van der Waals surface area contributed by atoms with E-state index in [9.17, 15) is 13.6 Å². The maximum atomic E-state index is 13.8. The van der Waals surface area contributed by atoms with Crippen molar-refractivity contribution in [3.8, 4) is 0 Å². The molecule has 1 aromatic heterocycles. The van der Waals surface area contributed by atoms with Crippen LogP contribution < -0.4 is 10.6 Å². The van der Waals surface area contributed by atoms with Crippen molar-refractivity contribution in [1.29, 1.82) is 0 Å². The maximum Gasteiger partial charge on any atom is 0.274 e. The summed E-state index contributed by atoms with van der Waals surface area (Å²) in [5.41, 5.74) is 2.60. The molecule has 5 nitrogen and oxygen atoms in total. The van der Waals surface area contributed by atoms with Gasteiger partial charge in [-0.3, -0.25) is 4.79 Å². The van der Waals surface area contributed by atoms with Crippen LogP contribution in [0.5, 0.6) is 0 Å². The zero-order chi connectivity index (χ0) is 20.1. The highest BCUT2D eigenvalue weighted by Crippen LogP contribution is 2.25. The number of anilines is 3. The molecule has 0 unspecified atom stereocenters. The largest absolute Gasteiger partial charge is 0.324 e. The van der Waals surface area contributed by atoms with Crippen LogP contribution in [0.25, 0.3) is 0 Å². The Balaban J connectivity index is 1.86. The fraction of sp³-hybridized carbons (Fsp3) is 0.190. The minimum atomic E-state index is -0.856. The number of carbonyl (C=O) groups is 1. The molecule has 0 saturated heterocycles. The number of halogens is 2. The van der Waals surface area contributed by atoms with Crippen molar-refractivity contribution in [2.24, 2.45) is 0 Å². The Morgan fingerprint density at radius 3 is 2.14 bits per heavy atom. The molecular weight excluding hydrogens is 362 g/mol. The molecule has 2 N–H and O–H groups in total. The van der Waals surface area contributed by atoms with E-state index in [1.54, 1.807) is 0 Å². The summed E-state index contributed by atoms with van der Waals surface area (Å²) < 4.78 is 27.5. The van der Waals surface area contributed by atoms with Crippen LogP contribution >= 0.6 is 0 Å². The van der Waals surface area contributed by atoms with Crippen molar-refractivity contribution in [2.45, 2.75) is 26.7 Å². The second kappa shape index (κ2) is 8.56. The van der Waals surface area contributed by atoms with Gasteiger partial charge < -0.3 is 10.6 Å². The molecule has 0 fully saturated rings. The summed E-state index contributed by atoms with van der Waals surface area (Å²) in [6, 6.07) is 10.8. The summed E-state index contributed by atoms with van der Waals surface area (Å²) >= 11 is 0. The molecule has 0 bridgehead atoms. The Kier molecular flexibility index (Phi) is 5.93. The topological polar surface area (TPSA) is 66.9 Å². The van der Waals surface area contributed by atoms with E-state index >= 15 is 0 Å². The van der Waals surface area contributed by atoms with Crippen LogP contribution in [0.3, 0.4) is 0 Å². The van der Waals surface area contributed by atoms with E-state index in [0.29, 0.717) is 0 Å². The normalized spacial score (nSPS) is 10.6. The number of hydrogen-bond acceptors (Lipinski definition) is 4. The molecule has 0 atom stereocenters. The van der Waals surface area contributed by atoms with Crippen LogP contribution in [-0.2, 0) is 12.8 Å². The number of nitrogens with zero attached hydrogens (tertiary/aromatic N) is 2. The van der Waals surface area contributed by atoms with Crippen LogP contribution in [0.4, 0.5) is 26.1 Å². The first-order chi connectivity index (χ1) is 13.5. The zero-order valence-electron chi connectivity index (χ0n) is 15.6. The first-order valence-corrected chi connectivity index (χ1v) is 8.99. The summed E-state index contributed by atoms with van der Waals surface area (Å²) in [6.07, 6.45) is 3.06. The lowest BCUT2D eigenvalue weighted by atomic mass is 10.0. The van der Waals surface area contributed by atoms with Gasteiger partial charge in [0.2, 0.25) is 5.95 Å². The average Bonchev–Trinajstić information content (AvgIpc) is 2.71. The molecule has 0 spiro atoms. The van der Waals surface area contributed by atoms with Crippen LogP contribution in [0.2, 0.25) is 0 Å². The number of para-hydroxylation sites is 2. The van der Waals surface area contributed by atoms with E-state index < -0.39 is 23.2 Å². The number of nitrogens with one attached hydrogen (secondary N) is 2. The van der Waals surface area contributed by atoms with Crippen molar-refractivity contribution < 1.29 is 13.6 Å². The van der Waals surface area contributed by atoms with Gasteiger partial charge in [-0.1, -0.05) is 38.1 Å². The maximum absolute atomic E-state index is 13.8. The van der Waals surface area contributed by atoms with Crippen molar-refractivity contribution >= 4 is 23.2 Å². The Morgan fingerprint density at radius 1 is 0.929 bits per heavy atom. The van der Waals surface area contributed by atoms with Gasteiger partial charge in [-0.05, 0) is 42.2 Å². The molecule has 28 heavy (non-hydrogen) atoms. The Bertz CT molecular complexity index is 965. The molecule has 7 heteroatoms. The first-order valence-electron chi connectivity index (χ1n) is 8.99. The number of aromatic nitrogens is 2. The van der Waals surface area contributed by atoms with Gasteiger partial charge in [-0.2, -0.15) is 0 Å². The fourth-order valence-electron chi connectivity index (χ4n) is 2.86. The average molecular weight is 382 g/mol. The van der Waals surface area contributed by atoms with Gasteiger partial charge in [0.15, 0.2) is 0 Å². The smallest absolute Gasteiger partial charge is 0.274 e. The number of amides is 1. The molecular formula is C21H20F2N4O. The molecule has 1 amide bonds. The molecule has 2 aromatic carbocycles. The van der Waals surface area contributed by atoms with Crippen LogP contribution in [0, 0.1) is 11.6 Å². The summed E-state index contributed by atoms with van der Waals surface area (Å²) in [6.45, 7) is 4.10. The van der Waals surface area contributed by atoms with E-state index in [0.717, 1.165) is 41.8 Å². The highest BCUT2D eigenvalue weighted by Gasteiger charge is 2.16. The monoisotopic (exact) mass is 382 g/mol. The molecule has 0 saturated carbocycles. The van der Waals surface area contributed by atoms with Gasteiger partial charge >= 0.3 is 0 Å². The minimum Gasteiger partial charge on any atom is -0.324 e. The number of rotatable bonds is 6. The van der Waals surface area contributed by atoms with Gasteiger partial charge in [0, 0.05) is 11.9 Å². The second-order valence-electron chi connectivity index (χ2n) is 6.10. The molecule has 3 rings (SSSR count). The summed E-state index contributed by atoms with van der Waals surface area (Å²) in [5, 5.41) is 5.40. The lowest BCUT2D eigenvalue weighted by molar-refractivity contribution is 0.102. The van der Waals surface area contributed by atoms with Gasteiger partial charge in [0.05, 0.1) is 0 Å². The Morgan fingerprint density at radius 2 is 1.54 bits per heavy atom. The minimum absolute atomic E-state index is 0.00724. The SMILES string of the molecule is CCc1cccc(CC)c1Nc1nccc(C(=O)Nc2c(F)cccc2F)n1. The van der Waals surface area contributed by atoms with Crippen molar-refractivity contribution in [2.75, 3.05) is 10.6 Å². The Hall–Kier alpha value is -3.35. The predicted molar refractivity (Wildman–Crippen MR) is 105 cm³/mol. The predicted octanol–water partition coefficient (Wildman–Crippen LogP) is 4.88. The van der Waals surface area contributed by atoms with Gasteiger partial charge in [-0.25, -0.2) is 18.7 Å². The zero-order valence-corrected chi connectivity index (χ0v) is 15.6.